The molecule has 0 amide bonds. The number of rotatable bonds is 7. The molecule has 2 heterocycles. The van der Waals surface area contributed by atoms with Gasteiger partial charge in [0.05, 0.1) is 17.3 Å². The molecule has 1 fully saturated rings. The van der Waals surface area contributed by atoms with Crippen LogP contribution in [0.2, 0.25) is 0 Å². The van der Waals surface area contributed by atoms with Crippen molar-refractivity contribution in [2.45, 2.75) is 71.1 Å². The van der Waals surface area contributed by atoms with E-state index in [0.717, 1.165) is 39.0 Å². The third-order valence-corrected chi connectivity index (χ3v) is 4.19. The highest BCUT2D eigenvalue weighted by molar-refractivity contribution is 5.13. The van der Waals surface area contributed by atoms with Crippen molar-refractivity contribution < 1.29 is 4.74 Å². The van der Waals surface area contributed by atoms with E-state index in [-0.39, 0.29) is 11.6 Å². The van der Waals surface area contributed by atoms with Crippen LogP contribution in [0.4, 0.5) is 0 Å². The van der Waals surface area contributed by atoms with Gasteiger partial charge in [-0.2, -0.15) is 5.10 Å². The van der Waals surface area contributed by atoms with Crippen molar-refractivity contribution in [3.63, 3.8) is 0 Å². The summed E-state index contributed by atoms with van der Waals surface area (Å²) in [6.07, 6.45) is 7.71. The zero-order valence-corrected chi connectivity index (χ0v) is 13.2. The van der Waals surface area contributed by atoms with Gasteiger partial charge in [0.25, 0.3) is 0 Å². The molecule has 1 aliphatic rings. The Hall–Kier alpha value is -0.870. The highest BCUT2D eigenvalue weighted by Crippen LogP contribution is 2.36. The average molecular weight is 279 g/mol. The lowest BCUT2D eigenvalue weighted by Crippen LogP contribution is -2.47. The Morgan fingerprint density at radius 1 is 1.40 bits per heavy atom. The Bertz CT molecular complexity index is 396. The smallest absolute Gasteiger partial charge is 0.0863 e. The highest BCUT2D eigenvalue weighted by atomic mass is 16.5. The van der Waals surface area contributed by atoms with E-state index in [0.29, 0.717) is 0 Å². The molecule has 0 bridgehead atoms. The van der Waals surface area contributed by atoms with Gasteiger partial charge in [-0.15, -0.1) is 0 Å². The molecule has 1 saturated heterocycles. The maximum Gasteiger partial charge on any atom is 0.0863 e. The van der Waals surface area contributed by atoms with Gasteiger partial charge in [0.15, 0.2) is 0 Å². The van der Waals surface area contributed by atoms with Crippen LogP contribution in [-0.4, -0.2) is 28.5 Å². The van der Waals surface area contributed by atoms with Gasteiger partial charge in [-0.3, -0.25) is 4.68 Å². The monoisotopic (exact) mass is 279 g/mol. The van der Waals surface area contributed by atoms with Crippen LogP contribution in [0.15, 0.2) is 12.3 Å². The Kier molecular flexibility index (Phi) is 5.61. The predicted molar refractivity (Wildman–Crippen MR) is 81.8 cm³/mol. The molecule has 1 aromatic rings. The summed E-state index contributed by atoms with van der Waals surface area (Å²) in [4.78, 5) is 0. The van der Waals surface area contributed by atoms with Crippen LogP contribution in [0.1, 0.15) is 64.6 Å². The molecular weight excluding hydrogens is 250 g/mol. The van der Waals surface area contributed by atoms with Gasteiger partial charge in [0.2, 0.25) is 0 Å². The van der Waals surface area contributed by atoms with Crippen molar-refractivity contribution in [3.8, 4) is 0 Å². The summed E-state index contributed by atoms with van der Waals surface area (Å²) in [5, 5.41) is 8.18. The van der Waals surface area contributed by atoms with Gasteiger partial charge in [-0.05, 0) is 51.6 Å². The largest absolute Gasteiger partial charge is 0.373 e. The van der Waals surface area contributed by atoms with Gasteiger partial charge in [0.1, 0.15) is 0 Å². The van der Waals surface area contributed by atoms with Crippen LogP contribution in [0, 0.1) is 0 Å². The number of ether oxygens (including phenoxy) is 1. The molecule has 114 valence electrons. The Morgan fingerprint density at radius 3 is 2.90 bits per heavy atom. The molecule has 4 heteroatoms. The van der Waals surface area contributed by atoms with Crippen molar-refractivity contribution in [1.82, 2.24) is 15.1 Å². The zero-order valence-electron chi connectivity index (χ0n) is 13.2. The summed E-state index contributed by atoms with van der Waals surface area (Å²) in [5.41, 5.74) is 1.16. The number of nitrogens with one attached hydrogen (secondary N) is 1. The second kappa shape index (κ2) is 7.23. The molecule has 20 heavy (non-hydrogen) atoms. The zero-order chi connectivity index (χ0) is 14.4. The lowest BCUT2D eigenvalue weighted by Gasteiger charge is -2.41. The van der Waals surface area contributed by atoms with E-state index >= 15 is 0 Å². The van der Waals surface area contributed by atoms with E-state index in [1.54, 1.807) is 0 Å². The number of aromatic nitrogens is 2. The first-order chi connectivity index (χ1) is 9.71. The minimum absolute atomic E-state index is 0.112. The van der Waals surface area contributed by atoms with E-state index < -0.39 is 0 Å². The minimum Gasteiger partial charge on any atom is -0.373 e. The maximum atomic E-state index is 6.18. The SMILES string of the molecule is CCCNC(c1ccnn1CCC)C1(C)CCCCO1. The molecule has 1 aromatic heterocycles. The normalized spacial score (nSPS) is 24.8. The lowest BCUT2D eigenvalue weighted by atomic mass is 9.86. The molecule has 2 rings (SSSR count). The van der Waals surface area contributed by atoms with Crippen molar-refractivity contribution in [1.29, 1.82) is 0 Å². The standard InChI is InChI=1S/C16H29N3O/c1-4-10-17-15(16(3)9-6-7-13-20-16)14-8-11-18-19(14)12-5-2/h8,11,15,17H,4-7,9-10,12-13H2,1-3H3. The van der Waals surface area contributed by atoms with Crippen LogP contribution in [0.25, 0.3) is 0 Å². The summed E-state index contributed by atoms with van der Waals surface area (Å²) >= 11 is 0. The third kappa shape index (κ3) is 3.41. The van der Waals surface area contributed by atoms with Crippen molar-refractivity contribution >= 4 is 0 Å². The molecule has 0 radical (unpaired) electrons. The van der Waals surface area contributed by atoms with Crippen molar-refractivity contribution in [3.05, 3.63) is 18.0 Å². The van der Waals surface area contributed by atoms with Gasteiger partial charge < -0.3 is 10.1 Å². The fourth-order valence-electron chi connectivity index (χ4n) is 3.09. The topological polar surface area (TPSA) is 39.1 Å². The van der Waals surface area contributed by atoms with Crippen LogP contribution < -0.4 is 5.32 Å². The Labute approximate surface area is 122 Å². The Morgan fingerprint density at radius 2 is 2.25 bits per heavy atom. The van der Waals surface area contributed by atoms with Gasteiger partial charge in [-0.1, -0.05) is 13.8 Å². The lowest BCUT2D eigenvalue weighted by molar-refractivity contribution is -0.0913. The van der Waals surface area contributed by atoms with Crippen molar-refractivity contribution in [2.24, 2.45) is 0 Å². The molecule has 2 atom stereocenters. The summed E-state index contributed by atoms with van der Waals surface area (Å²) in [6, 6.07) is 2.38. The van der Waals surface area contributed by atoms with Gasteiger partial charge >= 0.3 is 0 Å². The second-order valence-corrected chi connectivity index (χ2v) is 5.98. The fraction of sp³-hybridized carbons (Fsp3) is 0.812. The van der Waals surface area contributed by atoms with Crippen LogP contribution in [0.5, 0.6) is 0 Å². The van der Waals surface area contributed by atoms with Gasteiger partial charge in [0, 0.05) is 19.3 Å². The summed E-state index contributed by atoms with van der Waals surface area (Å²) in [6.45, 7) is 9.52. The Balaban J connectivity index is 2.23. The van der Waals surface area contributed by atoms with Gasteiger partial charge in [-0.25, -0.2) is 0 Å². The maximum absolute atomic E-state index is 6.18. The fourth-order valence-corrected chi connectivity index (χ4v) is 3.09. The molecular formula is C16H29N3O. The van der Waals surface area contributed by atoms with Crippen LogP contribution >= 0.6 is 0 Å². The highest BCUT2D eigenvalue weighted by Gasteiger charge is 2.39. The molecule has 0 saturated carbocycles. The summed E-state index contributed by atoms with van der Waals surface area (Å²) < 4.78 is 8.31. The van der Waals surface area contributed by atoms with Crippen LogP contribution in [-0.2, 0) is 11.3 Å². The minimum atomic E-state index is -0.112. The number of hydrogen-bond acceptors (Lipinski definition) is 3. The molecule has 0 aliphatic carbocycles. The van der Waals surface area contributed by atoms with E-state index in [2.05, 4.69) is 41.9 Å². The number of nitrogens with zero attached hydrogens (tertiary/aromatic N) is 2. The first-order valence-electron chi connectivity index (χ1n) is 8.10. The van der Waals surface area contributed by atoms with Crippen molar-refractivity contribution in [2.75, 3.05) is 13.2 Å². The predicted octanol–water partition coefficient (Wildman–Crippen LogP) is 3.29. The molecule has 0 spiro atoms. The molecule has 4 nitrogen and oxygen atoms in total. The average Bonchev–Trinajstić information content (AvgIpc) is 2.88. The first-order valence-corrected chi connectivity index (χ1v) is 8.10. The molecule has 1 aliphatic heterocycles. The number of aryl methyl sites for hydroxylation is 1. The van der Waals surface area contributed by atoms with E-state index in [1.807, 2.05) is 6.20 Å². The summed E-state index contributed by atoms with van der Waals surface area (Å²) in [7, 11) is 0. The van der Waals surface area contributed by atoms with Crippen LogP contribution in [0.3, 0.4) is 0 Å². The molecule has 0 aromatic carbocycles. The quantitative estimate of drug-likeness (QED) is 0.832. The summed E-state index contributed by atoms with van der Waals surface area (Å²) in [5.74, 6) is 0. The second-order valence-electron chi connectivity index (χ2n) is 5.98. The van der Waals surface area contributed by atoms with E-state index in [4.69, 9.17) is 4.74 Å². The molecule has 2 unspecified atom stereocenters. The van der Waals surface area contributed by atoms with E-state index in [1.165, 1.54) is 18.5 Å². The number of hydrogen-bond donors (Lipinski definition) is 1. The molecule has 1 N–H and O–H groups in total. The van der Waals surface area contributed by atoms with E-state index in [9.17, 15) is 0 Å². The first kappa shape index (κ1) is 15.5. The third-order valence-electron chi connectivity index (χ3n) is 4.19.